The molecule has 6 heteroatoms. The van der Waals surface area contributed by atoms with E-state index in [0.717, 1.165) is 17.7 Å². The van der Waals surface area contributed by atoms with Gasteiger partial charge in [0.15, 0.2) is 9.84 Å². The first-order valence-corrected chi connectivity index (χ1v) is 8.34. The van der Waals surface area contributed by atoms with Crippen LogP contribution in [0.25, 0.3) is 0 Å². The second kappa shape index (κ2) is 4.93. The molecule has 4 nitrogen and oxygen atoms in total. The van der Waals surface area contributed by atoms with Crippen LogP contribution in [-0.2, 0) is 14.6 Å². The maximum absolute atomic E-state index is 11.3. The molecular weight excluding hydrogens is 272 g/mol. The number of aliphatic carboxylic acids is 1. The lowest BCUT2D eigenvalue weighted by atomic mass is 9.85. The van der Waals surface area contributed by atoms with Gasteiger partial charge in [-0.2, -0.15) is 0 Å². The van der Waals surface area contributed by atoms with Gasteiger partial charge in [0.1, 0.15) is 0 Å². The molecule has 18 heavy (non-hydrogen) atoms. The highest BCUT2D eigenvalue weighted by Gasteiger charge is 2.37. The van der Waals surface area contributed by atoms with Crippen molar-refractivity contribution in [2.45, 2.75) is 27.9 Å². The van der Waals surface area contributed by atoms with Gasteiger partial charge >= 0.3 is 5.97 Å². The Hall–Kier alpha value is -1.01. The molecule has 2 atom stereocenters. The van der Waals surface area contributed by atoms with E-state index in [-0.39, 0.29) is 16.1 Å². The molecule has 0 saturated heterocycles. The summed E-state index contributed by atoms with van der Waals surface area (Å²) in [5.74, 6) is -1.02. The second-order valence-electron chi connectivity index (χ2n) is 4.42. The third kappa shape index (κ3) is 2.87. The van der Waals surface area contributed by atoms with Gasteiger partial charge < -0.3 is 5.11 Å². The van der Waals surface area contributed by atoms with Crippen LogP contribution in [0.15, 0.2) is 34.1 Å². The summed E-state index contributed by atoms with van der Waals surface area (Å²) in [4.78, 5) is 12.1. The van der Waals surface area contributed by atoms with Gasteiger partial charge in [-0.05, 0) is 37.1 Å². The molecule has 0 bridgehead atoms. The number of hydrogen-bond acceptors (Lipinski definition) is 4. The summed E-state index contributed by atoms with van der Waals surface area (Å²) < 4.78 is 22.6. The van der Waals surface area contributed by atoms with E-state index in [1.165, 1.54) is 18.0 Å². The van der Waals surface area contributed by atoms with Crippen LogP contribution in [0.4, 0.5) is 0 Å². The highest BCUT2D eigenvalue weighted by molar-refractivity contribution is 8.00. The van der Waals surface area contributed by atoms with E-state index in [2.05, 4.69) is 0 Å². The van der Waals surface area contributed by atoms with Crippen LogP contribution in [0.5, 0.6) is 0 Å². The molecule has 0 aliphatic heterocycles. The molecular formula is C12H14O4S2. The third-order valence-electron chi connectivity index (χ3n) is 3.07. The van der Waals surface area contributed by atoms with E-state index in [1.807, 2.05) is 0 Å². The summed E-state index contributed by atoms with van der Waals surface area (Å²) in [6.45, 7) is 0. The monoisotopic (exact) mass is 286 g/mol. The quantitative estimate of drug-likeness (QED) is 0.917. The fraction of sp³-hybridized carbons (Fsp3) is 0.417. The second-order valence-corrected chi connectivity index (χ2v) is 7.75. The number of rotatable bonds is 4. The molecule has 0 radical (unpaired) electrons. The first-order chi connectivity index (χ1) is 8.38. The minimum atomic E-state index is -3.17. The molecule has 1 aromatic rings. The maximum Gasteiger partial charge on any atom is 0.307 e. The fourth-order valence-corrected chi connectivity index (χ4v) is 3.78. The molecule has 1 saturated carbocycles. The summed E-state index contributed by atoms with van der Waals surface area (Å²) in [7, 11) is -3.17. The Morgan fingerprint density at radius 1 is 1.28 bits per heavy atom. The highest BCUT2D eigenvalue weighted by atomic mass is 32.2. The van der Waals surface area contributed by atoms with Crippen LogP contribution >= 0.6 is 11.8 Å². The Labute approximate surface area is 110 Å². The zero-order valence-electron chi connectivity index (χ0n) is 9.87. The van der Waals surface area contributed by atoms with Crippen molar-refractivity contribution in [3.05, 3.63) is 24.3 Å². The van der Waals surface area contributed by atoms with Crippen LogP contribution < -0.4 is 0 Å². The first-order valence-electron chi connectivity index (χ1n) is 5.57. The Kier molecular flexibility index (Phi) is 3.68. The lowest BCUT2D eigenvalue weighted by Gasteiger charge is -2.32. The summed E-state index contributed by atoms with van der Waals surface area (Å²) in [5.41, 5.74) is 0. The summed E-state index contributed by atoms with van der Waals surface area (Å²) in [6.07, 6.45) is 2.80. The van der Waals surface area contributed by atoms with Crippen molar-refractivity contribution >= 4 is 27.6 Å². The number of hydrogen-bond donors (Lipinski definition) is 1. The predicted octanol–water partition coefficient (Wildman–Crippen LogP) is 2.05. The van der Waals surface area contributed by atoms with Gasteiger partial charge in [-0.1, -0.05) is 0 Å². The Bertz CT molecular complexity index is 548. The molecule has 1 aliphatic carbocycles. The smallest absolute Gasteiger partial charge is 0.307 e. The fourth-order valence-electron chi connectivity index (χ4n) is 1.83. The Morgan fingerprint density at radius 2 is 1.89 bits per heavy atom. The van der Waals surface area contributed by atoms with Gasteiger partial charge in [-0.3, -0.25) is 4.79 Å². The molecule has 1 aliphatic rings. The number of benzene rings is 1. The number of carboxylic acid groups (broad SMARTS) is 1. The molecule has 0 spiro atoms. The average molecular weight is 286 g/mol. The van der Waals surface area contributed by atoms with Crippen molar-refractivity contribution < 1.29 is 18.3 Å². The molecule has 98 valence electrons. The summed E-state index contributed by atoms with van der Waals surface area (Å²) in [6, 6.07) is 6.59. The van der Waals surface area contributed by atoms with E-state index < -0.39 is 15.8 Å². The van der Waals surface area contributed by atoms with Gasteiger partial charge in [-0.25, -0.2) is 8.42 Å². The van der Waals surface area contributed by atoms with Gasteiger partial charge in [0.05, 0.1) is 10.8 Å². The molecule has 2 unspecified atom stereocenters. The van der Waals surface area contributed by atoms with Crippen LogP contribution in [0.2, 0.25) is 0 Å². The largest absolute Gasteiger partial charge is 0.481 e. The third-order valence-corrected chi connectivity index (χ3v) is 5.61. The summed E-state index contributed by atoms with van der Waals surface area (Å²) >= 11 is 1.51. The molecule has 1 N–H and O–H groups in total. The van der Waals surface area contributed by atoms with E-state index in [0.29, 0.717) is 0 Å². The van der Waals surface area contributed by atoms with E-state index in [4.69, 9.17) is 5.11 Å². The number of carboxylic acids is 1. The van der Waals surface area contributed by atoms with Crippen molar-refractivity contribution in [1.29, 1.82) is 0 Å². The van der Waals surface area contributed by atoms with Gasteiger partial charge in [0.25, 0.3) is 0 Å². The van der Waals surface area contributed by atoms with Crippen LogP contribution in [0.3, 0.4) is 0 Å². The SMILES string of the molecule is CS(=O)(=O)c1ccc(SC2CCC2C(=O)O)cc1. The van der Waals surface area contributed by atoms with Crippen molar-refractivity contribution in [2.75, 3.05) is 6.26 Å². The zero-order chi connectivity index (χ0) is 13.3. The van der Waals surface area contributed by atoms with Crippen molar-refractivity contribution in [3.8, 4) is 0 Å². The topological polar surface area (TPSA) is 71.4 Å². The minimum Gasteiger partial charge on any atom is -0.481 e. The van der Waals surface area contributed by atoms with E-state index >= 15 is 0 Å². The highest BCUT2D eigenvalue weighted by Crippen LogP contribution is 2.41. The van der Waals surface area contributed by atoms with Crippen molar-refractivity contribution in [1.82, 2.24) is 0 Å². The average Bonchev–Trinajstić information content (AvgIpc) is 2.23. The minimum absolute atomic E-state index is 0.103. The van der Waals surface area contributed by atoms with Crippen LogP contribution in [-0.4, -0.2) is 31.0 Å². The molecule has 0 aromatic heterocycles. The normalized spacial score (nSPS) is 23.4. The maximum atomic E-state index is 11.3. The summed E-state index contributed by atoms with van der Waals surface area (Å²) in [5, 5.41) is 9.04. The van der Waals surface area contributed by atoms with Gasteiger partial charge in [0.2, 0.25) is 0 Å². The number of carbonyl (C=O) groups is 1. The molecule has 0 amide bonds. The van der Waals surface area contributed by atoms with Crippen molar-refractivity contribution in [3.63, 3.8) is 0 Å². The van der Waals surface area contributed by atoms with Gasteiger partial charge in [-0.15, -0.1) is 11.8 Å². The lowest BCUT2D eigenvalue weighted by molar-refractivity contribution is -0.144. The standard InChI is InChI=1S/C12H14O4S2/c1-18(15,16)9-4-2-8(3-5-9)17-11-7-6-10(11)12(13)14/h2-5,10-11H,6-7H2,1H3,(H,13,14). The zero-order valence-corrected chi connectivity index (χ0v) is 11.5. The number of thioether (sulfide) groups is 1. The first kappa shape index (κ1) is 13.4. The predicted molar refractivity (Wildman–Crippen MR) is 69.6 cm³/mol. The number of sulfone groups is 1. The molecule has 2 rings (SSSR count). The molecule has 1 fully saturated rings. The molecule has 0 heterocycles. The lowest BCUT2D eigenvalue weighted by Crippen LogP contribution is -2.35. The Balaban J connectivity index is 2.05. The van der Waals surface area contributed by atoms with Crippen molar-refractivity contribution in [2.24, 2.45) is 5.92 Å². The van der Waals surface area contributed by atoms with Gasteiger partial charge in [0, 0.05) is 16.4 Å². The van der Waals surface area contributed by atoms with E-state index in [1.54, 1.807) is 24.3 Å². The van der Waals surface area contributed by atoms with Crippen LogP contribution in [0.1, 0.15) is 12.8 Å². The Morgan fingerprint density at radius 3 is 2.28 bits per heavy atom. The van der Waals surface area contributed by atoms with E-state index in [9.17, 15) is 13.2 Å². The van der Waals surface area contributed by atoms with Crippen LogP contribution in [0, 0.1) is 5.92 Å². The molecule has 1 aromatic carbocycles.